The first-order valence-electron chi connectivity index (χ1n) is 10.1. The molecule has 1 fully saturated rings. The summed E-state index contributed by atoms with van der Waals surface area (Å²) in [6.45, 7) is 4.32. The standard InChI is InChI=1S/C21H25N3O6S/c1-2-23(14-16-6-7-19-20(12-16)30-15-29-19)21(25)22-17-4-3-5-18(13-17)31(26,27)24-8-10-28-11-9-24/h3-7,12-13H,2,8-11,14-15H2,1H3,(H,22,25). The summed E-state index contributed by atoms with van der Waals surface area (Å²) in [5, 5.41) is 2.80. The zero-order valence-corrected chi connectivity index (χ0v) is 18.1. The average Bonchev–Trinajstić information content (AvgIpc) is 3.26. The summed E-state index contributed by atoms with van der Waals surface area (Å²) >= 11 is 0. The fourth-order valence-corrected chi connectivity index (χ4v) is 4.91. The Labute approximate surface area is 181 Å². The smallest absolute Gasteiger partial charge is 0.322 e. The van der Waals surface area contributed by atoms with Gasteiger partial charge in [-0.3, -0.25) is 0 Å². The summed E-state index contributed by atoms with van der Waals surface area (Å²) in [7, 11) is -3.64. The van der Waals surface area contributed by atoms with Gasteiger partial charge in [0.05, 0.1) is 18.1 Å². The highest BCUT2D eigenvalue weighted by atomic mass is 32.2. The highest BCUT2D eigenvalue weighted by Crippen LogP contribution is 2.32. The van der Waals surface area contributed by atoms with Gasteiger partial charge in [-0.2, -0.15) is 4.31 Å². The van der Waals surface area contributed by atoms with Crippen LogP contribution in [0.3, 0.4) is 0 Å². The average molecular weight is 448 g/mol. The molecule has 0 unspecified atom stereocenters. The van der Waals surface area contributed by atoms with Crippen LogP contribution in [0.25, 0.3) is 0 Å². The number of urea groups is 1. The fraction of sp³-hybridized carbons (Fsp3) is 0.381. The number of carbonyl (C=O) groups excluding carboxylic acids is 1. The van der Waals surface area contributed by atoms with Gasteiger partial charge in [-0.1, -0.05) is 12.1 Å². The molecule has 2 aliphatic rings. The zero-order valence-electron chi connectivity index (χ0n) is 17.2. The highest BCUT2D eigenvalue weighted by molar-refractivity contribution is 7.89. The molecule has 0 radical (unpaired) electrons. The third-order valence-electron chi connectivity index (χ3n) is 5.17. The molecule has 4 rings (SSSR count). The monoisotopic (exact) mass is 447 g/mol. The van der Waals surface area contributed by atoms with E-state index in [1.165, 1.54) is 16.4 Å². The largest absolute Gasteiger partial charge is 0.454 e. The molecule has 2 aromatic rings. The molecule has 2 heterocycles. The maximum atomic E-state index is 12.9. The topological polar surface area (TPSA) is 97.4 Å². The lowest BCUT2D eigenvalue weighted by atomic mass is 10.2. The minimum Gasteiger partial charge on any atom is -0.454 e. The number of ether oxygens (including phenoxy) is 3. The molecule has 10 heteroatoms. The van der Waals surface area contributed by atoms with Crippen molar-refractivity contribution in [2.45, 2.75) is 18.4 Å². The summed E-state index contributed by atoms with van der Waals surface area (Å²) in [5.41, 5.74) is 1.33. The Hall–Kier alpha value is -2.82. The van der Waals surface area contributed by atoms with E-state index in [9.17, 15) is 13.2 Å². The Morgan fingerprint density at radius 2 is 1.87 bits per heavy atom. The Morgan fingerprint density at radius 3 is 2.65 bits per heavy atom. The third kappa shape index (κ3) is 4.76. The van der Waals surface area contributed by atoms with Crippen molar-refractivity contribution in [3.63, 3.8) is 0 Å². The molecule has 2 amide bonds. The van der Waals surface area contributed by atoms with Gasteiger partial charge in [-0.25, -0.2) is 13.2 Å². The van der Waals surface area contributed by atoms with Crippen LogP contribution in [0.15, 0.2) is 47.4 Å². The van der Waals surface area contributed by atoms with Gasteiger partial charge in [0.2, 0.25) is 16.8 Å². The van der Waals surface area contributed by atoms with Crippen LogP contribution in [0.5, 0.6) is 11.5 Å². The quantitative estimate of drug-likeness (QED) is 0.731. The van der Waals surface area contributed by atoms with Crippen LogP contribution in [-0.2, 0) is 21.3 Å². The van der Waals surface area contributed by atoms with Crippen LogP contribution in [0, 0.1) is 0 Å². The van der Waals surface area contributed by atoms with Crippen molar-refractivity contribution in [3.8, 4) is 11.5 Å². The van der Waals surface area contributed by atoms with E-state index in [4.69, 9.17) is 14.2 Å². The number of rotatable bonds is 6. The Kier molecular flexibility index (Phi) is 6.30. The molecule has 0 saturated carbocycles. The normalized spacial score (nSPS) is 16.2. The van der Waals surface area contributed by atoms with Crippen LogP contribution in [0.4, 0.5) is 10.5 Å². The molecule has 31 heavy (non-hydrogen) atoms. The summed E-state index contributed by atoms with van der Waals surface area (Å²) < 4.78 is 43.1. The summed E-state index contributed by atoms with van der Waals surface area (Å²) in [5.74, 6) is 1.35. The Balaban J connectivity index is 1.45. The van der Waals surface area contributed by atoms with Crippen molar-refractivity contribution in [1.82, 2.24) is 9.21 Å². The van der Waals surface area contributed by atoms with E-state index < -0.39 is 10.0 Å². The van der Waals surface area contributed by atoms with Crippen LogP contribution in [-0.4, -0.2) is 63.3 Å². The maximum absolute atomic E-state index is 12.9. The van der Waals surface area contributed by atoms with Gasteiger partial charge < -0.3 is 24.4 Å². The Morgan fingerprint density at radius 1 is 1.10 bits per heavy atom. The van der Waals surface area contributed by atoms with Crippen LogP contribution >= 0.6 is 0 Å². The van der Waals surface area contributed by atoms with Crippen molar-refractivity contribution < 1.29 is 27.4 Å². The number of carbonyl (C=O) groups is 1. The van der Waals surface area contributed by atoms with E-state index >= 15 is 0 Å². The molecule has 0 bridgehead atoms. The predicted molar refractivity (Wildman–Crippen MR) is 114 cm³/mol. The van der Waals surface area contributed by atoms with Gasteiger partial charge in [0.25, 0.3) is 0 Å². The van der Waals surface area contributed by atoms with E-state index in [0.29, 0.717) is 56.6 Å². The van der Waals surface area contributed by atoms with E-state index in [2.05, 4.69) is 5.32 Å². The molecule has 1 saturated heterocycles. The highest BCUT2D eigenvalue weighted by Gasteiger charge is 2.26. The third-order valence-corrected chi connectivity index (χ3v) is 7.07. The maximum Gasteiger partial charge on any atom is 0.322 e. The van der Waals surface area contributed by atoms with Gasteiger partial charge in [0.1, 0.15) is 0 Å². The van der Waals surface area contributed by atoms with E-state index in [0.717, 1.165) is 5.56 Å². The molecule has 9 nitrogen and oxygen atoms in total. The van der Waals surface area contributed by atoms with Gasteiger partial charge in [0.15, 0.2) is 11.5 Å². The van der Waals surface area contributed by atoms with Crippen molar-refractivity contribution in [2.75, 3.05) is 45.0 Å². The van der Waals surface area contributed by atoms with Crippen LogP contribution < -0.4 is 14.8 Å². The molecular weight excluding hydrogens is 422 g/mol. The predicted octanol–water partition coefficient (Wildman–Crippen LogP) is 2.49. The van der Waals surface area contributed by atoms with Crippen molar-refractivity contribution in [3.05, 3.63) is 48.0 Å². The number of amides is 2. The van der Waals surface area contributed by atoms with E-state index in [1.807, 2.05) is 25.1 Å². The van der Waals surface area contributed by atoms with Gasteiger partial charge in [-0.15, -0.1) is 0 Å². The van der Waals surface area contributed by atoms with Crippen LogP contribution in [0.1, 0.15) is 12.5 Å². The zero-order chi connectivity index (χ0) is 21.8. The molecule has 0 atom stereocenters. The van der Waals surface area contributed by atoms with Gasteiger partial charge in [0, 0.05) is 31.9 Å². The van der Waals surface area contributed by atoms with Crippen molar-refractivity contribution >= 4 is 21.7 Å². The molecule has 1 N–H and O–H groups in total. The number of anilines is 1. The minimum atomic E-state index is -3.64. The molecule has 2 aliphatic heterocycles. The SMILES string of the molecule is CCN(Cc1ccc2c(c1)OCO2)C(=O)Nc1cccc(S(=O)(=O)N2CCOCC2)c1. The molecule has 0 spiro atoms. The lowest BCUT2D eigenvalue weighted by molar-refractivity contribution is 0.0730. The summed E-state index contributed by atoms with van der Waals surface area (Å²) in [6.07, 6.45) is 0. The first kappa shape index (κ1) is 21.4. The molecule has 166 valence electrons. The summed E-state index contributed by atoms with van der Waals surface area (Å²) in [6, 6.07) is 11.6. The first-order valence-corrected chi connectivity index (χ1v) is 11.5. The fourth-order valence-electron chi connectivity index (χ4n) is 3.46. The number of benzene rings is 2. The first-order chi connectivity index (χ1) is 15.0. The van der Waals surface area contributed by atoms with Crippen LogP contribution in [0.2, 0.25) is 0 Å². The lowest BCUT2D eigenvalue weighted by Crippen LogP contribution is -2.40. The van der Waals surface area contributed by atoms with Crippen molar-refractivity contribution in [2.24, 2.45) is 0 Å². The number of hydrogen-bond donors (Lipinski definition) is 1. The van der Waals surface area contributed by atoms with Gasteiger partial charge in [-0.05, 0) is 42.8 Å². The minimum absolute atomic E-state index is 0.144. The number of fused-ring (bicyclic) bond motifs is 1. The summed E-state index contributed by atoms with van der Waals surface area (Å²) in [4.78, 5) is 14.6. The second-order valence-electron chi connectivity index (χ2n) is 7.18. The second kappa shape index (κ2) is 9.13. The molecule has 0 aromatic heterocycles. The molecular formula is C21H25N3O6S. The molecule has 2 aromatic carbocycles. The molecule has 0 aliphatic carbocycles. The van der Waals surface area contributed by atoms with Crippen molar-refractivity contribution in [1.29, 1.82) is 0 Å². The number of hydrogen-bond acceptors (Lipinski definition) is 6. The van der Waals surface area contributed by atoms with Gasteiger partial charge >= 0.3 is 6.03 Å². The van der Waals surface area contributed by atoms with E-state index in [-0.39, 0.29) is 17.7 Å². The lowest BCUT2D eigenvalue weighted by Gasteiger charge is -2.26. The second-order valence-corrected chi connectivity index (χ2v) is 9.11. The number of nitrogens with one attached hydrogen (secondary N) is 1. The number of sulfonamides is 1. The Bertz CT molecular complexity index is 1050. The number of morpholine rings is 1. The van der Waals surface area contributed by atoms with E-state index in [1.54, 1.807) is 17.0 Å². The number of nitrogens with zero attached hydrogens (tertiary/aromatic N) is 2.